The third-order valence-electron chi connectivity index (χ3n) is 4.18. The summed E-state index contributed by atoms with van der Waals surface area (Å²) in [7, 11) is 1.62. The highest BCUT2D eigenvalue weighted by atomic mass is 32.1. The van der Waals surface area contributed by atoms with E-state index in [-0.39, 0.29) is 5.91 Å². The summed E-state index contributed by atoms with van der Waals surface area (Å²) in [5.41, 5.74) is 3.81. The Balaban J connectivity index is 1.52. The number of aromatic nitrogens is 3. The average Bonchev–Trinajstić information content (AvgIpc) is 3.08. The number of methoxy groups -OCH3 is 1. The molecular formula is C21H19N5O2S. The lowest BCUT2D eigenvalue weighted by atomic mass is 10.2. The predicted octanol–water partition coefficient (Wildman–Crippen LogP) is 4.71. The molecule has 0 aliphatic rings. The first-order chi connectivity index (χ1) is 14.0. The van der Waals surface area contributed by atoms with Gasteiger partial charge in [-0.05, 0) is 56.3 Å². The maximum Gasteiger partial charge on any atom is 0.257 e. The topological polar surface area (TPSA) is 89.0 Å². The number of benzene rings is 2. The van der Waals surface area contributed by atoms with E-state index in [2.05, 4.69) is 25.6 Å². The van der Waals surface area contributed by atoms with Crippen LogP contribution in [0.2, 0.25) is 0 Å². The summed E-state index contributed by atoms with van der Waals surface area (Å²) in [6, 6.07) is 14.7. The van der Waals surface area contributed by atoms with E-state index in [9.17, 15) is 4.79 Å². The fraction of sp³-hybridized carbons (Fsp3) is 0.143. The van der Waals surface area contributed by atoms with Crippen molar-refractivity contribution < 1.29 is 9.53 Å². The molecule has 1 amide bonds. The van der Waals surface area contributed by atoms with Gasteiger partial charge in [0.15, 0.2) is 5.13 Å². The number of rotatable bonds is 5. The van der Waals surface area contributed by atoms with Crippen molar-refractivity contribution >= 4 is 44.2 Å². The van der Waals surface area contributed by atoms with E-state index >= 15 is 0 Å². The van der Waals surface area contributed by atoms with Gasteiger partial charge in [0.05, 0.1) is 17.3 Å². The number of carbonyl (C=O) groups excluding carboxylic acids is 1. The Kier molecular flexibility index (Phi) is 5.09. The molecule has 0 spiro atoms. The standard InChI is InChI=1S/C21H19N5O2S/c1-12-9-13(2)23-20(22-12)24-15-6-4-5-14(10-15)19(27)26-21-25-17-8-7-16(28-3)11-18(17)29-21/h4-11H,1-3H3,(H,22,23,24)(H,25,26,27). The zero-order chi connectivity index (χ0) is 20.4. The molecule has 0 unspecified atom stereocenters. The van der Waals surface area contributed by atoms with Crippen LogP contribution in [0.25, 0.3) is 10.2 Å². The number of fused-ring (bicyclic) bond motifs is 1. The predicted molar refractivity (Wildman–Crippen MR) is 115 cm³/mol. The van der Waals surface area contributed by atoms with Crippen molar-refractivity contribution in [3.05, 3.63) is 65.5 Å². The molecule has 2 heterocycles. The van der Waals surface area contributed by atoms with Crippen LogP contribution in [0.5, 0.6) is 5.75 Å². The molecule has 0 saturated carbocycles. The summed E-state index contributed by atoms with van der Waals surface area (Å²) >= 11 is 1.40. The van der Waals surface area contributed by atoms with Crippen LogP contribution in [0.4, 0.5) is 16.8 Å². The van der Waals surface area contributed by atoms with Crippen LogP contribution in [-0.4, -0.2) is 28.0 Å². The number of thiazole rings is 1. The third kappa shape index (κ3) is 4.33. The van der Waals surface area contributed by atoms with Gasteiger partial charge in [0, 0.05) is 22.6 Å². The van der Waals surface area contributed by atoms with Crippen LogP contribution >= 0.6 is 11.3 Å². The molecule has 29 heavy (non-hydrogen) atoms. The molecule has 2 N–H and O–H groups in total. The van der Waals surface area contributed by atoms with Crippen LogP contribution in [0.3, 0.4) is 0 Å². The van der Waals surface area contributed by atoms with Gasteiger partial charge in [-0.1, -0.05) is 17.4 Å². The van der Waals surface area contributed by atoms with E-state index in [1.165, 1.54) is 11.3 Å². The summed E-state index contributed by atoms with van der Waals surface area (Å²) in [5, 5.41) is 6.55. The molecule has 0 saturated heterocycles. The maximum absolute atomic E-state index is 12.7. The van der Waals surface area contributed by atoms with Crippen molar-refractivity contribution in [2.75, 3.05) is 17.7 Å². The van der Waals surface area contributed by atoms with Gasteiger partial charge >= 0.3 is 0 Å². The number of aryl methyl sites for hydroxylation is 2. The lowest BCUT2D eigenvalue weighted by Gasteiger charge is -2.08. The SMILES string of the molecule is COc1ccc2nc(NC(=O)c3cccc(Nc4nc(C)cc(C)n4)c3)sc2c1. The van der Waals surface area contributed by atoms with Gasteiger partial charge in [-0.15, -0.1) is 0 Å². The second kappa shape index (κ2) is 7.84. The molecule has 146 valence electrons. The van der Waals surface area contributed by atoms with Crippen LogP contribution in [0.15, 0.2) is 48.5 Å². The Morgan fingerprint density at radius 2 is 1.79 bits per heavy atom. The Morgan fingerprint density at radius 3 is 2.55 bits per heavy atom. The minimum Gasteiger partial charge on any atom is -0.497 e. The molecule has 0 aliphatic carbocycles. The number of hydrogen-bond donors (Lipinski definition) is 2. The summed E-state index contributed by atoms with van der Waals surface area (Å²) in [6.45, 7) is 3.83. The van der Waals surface area contributed by atoms with Crippen molar-refractivity contribution in [3.63, 3.8) is 0 Å². The fourth-order valence-electron chi connectivity index (χ4n) is 2.90. The molecule has 0 atom stereocenters. The van der Waals surface area contributed by atoms with Crippen molar-refractivity contribution in [2.45, 2.75) is 13.8 Å². The van der Waals surface area contributed by atoms with Crippen molar-refractivity contribution in [3.8, 4) is 5.75 Å². The van der Waals surface area contributed by atoms with E-state index in [0.29, 0.717) is 16.6 Å². The zero-order valence-electron chi connectivity index (χ0n) is 16.2. The van der Waals surface area contributed by atoms with Gasteiger partial charge in [0.2, 0.25) is 5.95 Å². The minimum absolute atomic E-state index is 0.235. The summed E-state index contributed by atoms with van der Waals surface area (Å²) in [5.74, 6) is 1.02. The molecule has 2 aromatic heterocycles. The highest BCUT2D eigenvalue weighted by Crippen LogP contribution is 2.29. The monoisotopic (exact) mass is 405 g/mol. The number of nitrogens with zero attached hydrogens (tertiary/aromatic N) is 3. The van der Waals surface area contributed by atoms with Crippen molar-refractivity contribution in [1.82, 2.24) is 15.0 Å². The van der Waals surface area contributed by atoms with Crippen molar-refractivity contribution in [2.24, 2.45) is 0 Å². The molecule has 2 aromatic carbocycles. The van der Waals surface area contributed by atoms with Crippen LogP contribution in [-0.2, 0) is 0 Å². The second-order valence-corrected chi connectivity index (χ2v) is 7.52. The highest BCUT2D eigenvalue weighted by molar-refractivity contribution is 7.22. The molecule has 4 aromatic rings. The molecule has 0 fully saturated rings. The van der Waals surface area contributed by atoms with Gasteiger partial charge in [0.1, 0.15) is 5.75 Å². The maximum atomic E-state index is 12.7. The number of hydrogen-bond acceptors (Lipinski definition) is 7. The number of carbonyl (C=O) groups is 1. The van der Waals surface area contributed by atoms with Crippen LogP contribution in [0, 0.1) is 13.8 Å². The van der Waals surface area contributed by atoms with Gasteiger partial charge in [0.25, 0.3) is 5.91 Å². The first-order valence-corrected chi connectivity index (χ1v) is 9.77. The van der Waals surface area contributed by atoms with E-state index in [1.54, 1.807) is 19.2 Å². The minimum atomic E-state index is -0.235. The summed E-state index contributed by atoms with van der Waals surface area (Å²) in [6.07, 6.45) is 0. The number of anilines is 3. The molecular weight excluding hydrogens is 386 g/mol. The fourth-order valence-corrected chi connectivity index (χ4v) is 3.79. The quantitative estimate of drug-likeness (QED) is 0.500. The molecule has 8 heteroatoms. The molecule has 0 bridgehead atoms. The number of ether oxygens (including phenoxy) is 1. The van der Waals surface area contributed by atoms with Gasteiger partial charge in [-0.3, -0.25) is 10.1 Å². The lowest BCUT2D eigenvalue weighted by Crippen LogP contribution is -2.12. The second-order valence-electron chi connectivity index (χ2n) is 6.49. The van der Waals surface area contributed by atoms with Crippen LogP contribution in [0.1, 0.15) is 21.7 Å². The van der Waals surface area contributed by atoms with Crippen LogP contribution < -0.4 is 15.4 Å². The van der Waals surface area contributed by atoms with Crippen molar-refractivity contribution in [1.29, 1.82) is 0 Å². The number of nitrogens with one attached hydrogen (secondary N) is 2. The van der Waals surface area contributed by atoms with E-state index in [4.69, 9.17) is 4.74 Å². The Hall–Kier alpha value is -3.52. The lowest BCUT2D eigenvalue weighted by molar-refractivity contribution is 0.102. The van der Waals surface area contributed by atoms with E-state index < -0.39 is 0 Å². The zero-order valence-corrected chi connectivity index (χ0v) is 17.0. The number of amides is 1. The highest BCUT2D eigenvalue weighted by Gasteiger charge is 2.11. The normalized spacial score (nSPS) is 10.7. The first-order valence-electron chi connectivity index (χ1n) is 8.95. The van der Waals surface area contributed by atoms with E-state index in [1.807, 2.05) is 50.2 Å². The Labute approximate surface area is 171 Å². The molecule has 7 nitrogen and oxygen atoms in total. The van der Waals surface area contributed by atoms with Gasteiger partial charge < -0.3 is 10.1 Å². The smallest absolute Gasteiger partial charge is 0.257 e. The molecule has 0 radical (unpaired) electrons. The van der Waals surface area contributed by atoms with Gasteiger partial charge in [-0.2, -0.15) is 0 Å². The Bertz CT molecular complexity index is 1180. The molecule has 0 aliphatic heterocycles. The first kappa shape index (κ1) is 18.8. The summed E-state index contributed by atoms with van der Waals surface area (Å²) in [4.78, 5) is 25.9. The third-order valence-corrected chi connectivity index (χ3v) is 5.11. The van der Waals surface area contributed by atoms with Gasteiger partial charge in [-0.25, -0.2) is 15.0 Å². The van der Waals surface area contributed by atoms with E-state index in [0.717, 1.165) is 33.0 Å². The summed E-state index contributed by atoms with van der Waals surface area (Å²) < 4.78 is 6.18. The largest absolute Gasteiger partial charge is 0.497 e. The Morgan fingerprint density at radius 1 is 1.00 bits per heavy atom. The average molecular weight is 405 g/mol. The molecule has 4 rings (SSSR count).